The van der Waals surface area contributed by atoms with E-state index in [0.29, 0.717) is 5.69 Å². The van der Waals surface area contributed by atoms with Gasteiger partial charge in [-0.05, 0) is 18.4 Å². The van der Waals surface area contributed by atoms with Crippen LogP contribution in [0.1, 0.15) is 0 Å². The normalized spacial score (nSPS) is 15.1. The van der Waals surface area contributed by atoms with Gasteiger partial charge in [0.15, 0.2) is 0 Å². The van der Waals surface area contributed by atoms with Crippen LogP contribution in [0, 0.1) is 0 Å². The minimum Gasteiger partial charge on any atom is -0.269 e. The molecule has 0 bridgehead atoms. The molecule has 76 valence electrons. The van der Waals surface area contributed by atoms with Crippen molar-refractivity contribution >= 4 is 29.3 Å². The van der Waals surface area contributed by atoms with Gasteiger partial charge in [-0.25, -0.2) is 9.88 Å². The molecule has 0 aliphatic carbocycles. The number of nitrogens with zero attached hydrogens (tertiary/aromatic N) is 2. The van der Waals surface area contributed by atoms with E-state index in [4.69, 9.17) is 0 Å². The molecule has 2 amide bonds. The number of rotatable bonds is 2. The van der Waals surface area contributed by atoms with E-state index in [1.54, 1.807) is 12.1 Å². The van der Waals surface area contributed by atoms with Gasteiger partial charge in [-0.1, -0.05) is 0 Å². The molecule has 4 nitrogen and oxygen atoms in total. The smallest absolute Gasteiger partial charge is 0.258 e. The van der Waals surface area contributed by atoms with Crippen LogP contribution in [0.4, 0.5) is 5.69 Å². The number of thioether (sulfide) groups is 1. The lowest BCUT2D eigenvalue weighted by Crippen LogP contribution is -2.29. The first-order chi connectivity index (χ1) is 7.22. The van der Waals surface area contributed by atoms with Gasteiger partial charge in [0, 0.05) is 12.2 Å². The van der Waals surface area contributed by atoms with Crippen molar-refractivity contribution in [2.75, 3.05) is 11.2 Å². The molecule has 0 saturated heterocycles. The molecule has 0 fully saturated rings. The van der Waals surface area contributed by atoms with Crippen molar-refractivity contribution in [1.82, 2.24) is 4.98 Å². The summed E-state index contributed by atoms with van der Waals surface area (Å²) in [5.41, 5.74) is 0.507. The van der Waals surface area contributed by atoms with Crippen molar-refractivity contribution in [3.8, 4) is 0 Å². The number of hydrogen-bond acceptors (Lipinski definition) is 4. The van der Waals surface area contributed by atoms with Gasteiger partial charge in [0.2, 0.25) is 0 Å². The second-order valence-corrected chi connectivity index (χ2v) is 3.73. The van der Waals surface area contributed by atoms with E-state index in [-0.39, 0.29) is 11.8 Å². The molecular formula is C10H8N2O2S. The van der Waals surface area contributed by atoms with Crippen molar-refractivity contribution in [3.05, 3.63) is 30.5 Å². The number of hydrogen-bond donors (Lipinski definition) is 0. The number of pyridine rings is 1. The maximum atomic E-state index is 11.3. The molecule has 0 saturated carbocycles. The number of imide groups is 1. The molecule has 0 N–H and O–H groups in total. The van der Waals surface area contributed by atoms with E-state index in [0.717, 1.165) is 9.93 Å². The average Bonchev–Trinajstić information content (AvgIpc) is 2.59. The number of aromatic nitrogens is 1. The number of anilines is 1. The highest BCUT2D eigenvalue weighted by Gasteiger charge is 2.25. The lowest BCUT2D eigenvalue weighted by atomic mass is 10.4. The van der Waals surface area contributed by atoms with Gasteiger partial charge in [-0.2, -0.15) is 0 Å². The summed E-state index contributed by atoms with van der Waals surface area (Å²) in [6, 6.07) is 3.49. The van der Waals surface area contributed by atoms with E-state index < -0.39 is 0 Å². The van der Waals surface area contributed by atoms with Crippen molar-refractivity contribution in [1.29, 1.82) is 0 Å². The molecule has 1 aliphatic heterocycles. The quantitative estimate of drug-likeness (QED) is 0.555. The molecule has 1 aromatic rings. The average molecular weight is 220 g/mol. The molecule has 1 aromatic heterocycles. The zero-order valence-electron chi connectivity index (χ0n) is 8.01. The van der Waals surface area contributed by atoms with Crippen molar-refractivity contribution in [3.63, 3.8) is 0 Å². The first kappa shape index (κ1) is 9.92. The van der Waals surface area contributed by atoms with Gasteiger partial charge in [-0.15, -0.1) is 11.8 Å². The summed E-state index contributed by atoms with van der Waals surface area (Å²) >= 11 is 1.51. The lowest BCUT2D eigenvalue weighted by Gasteiger charge is -2.12. The molecule has 0 unspecified atom stereocenters. The molecule has 0 aromatic carbocycles. The van der Waals surface area contributed by atoms with Crippen LogP contribution >= 0.6 is 11.8 Å². The predicted molar refractivity (Wildman–Crippen MR) is 57.7 cm³/mol. The maximum absolute atomic E-state index is 11.3. The summed E-state index contributed by atoms with van der Waals surface area (Å²) in [5, 5.41) is 0.853. The highest BCUT2D eigenvalue weighted by Crippen LogP contribution is 2.20. The SMILES string of the molecule is CSc1ccc(N2C(=O)C=CC2=O)cn1. The molecule has 1 aliphatic rings. The van der Waals surface area contributed by atoms with Gasteiger partial charge in [0.05, 0.1) is 16.9 Å². The Morgan fingerprint density at radius 1 is 1.20 bits per heavy atom. The summed E-state index contributed by atoms with van der Waals surface area (Å²) in [6.07, 6.45) is 5.94. The zero-order chi connectivity index (χ0) is 10.8. The Bertz CT molecular complexity index is 421. The minimum atomic E-state index is -0.321. The second-order valence-electron chi connectivity index (χ2n) is 2.90. The summed E-state index contributed by atoms with van der Waals surface area (Å²) in [6.45, 7) is 0. The monoisotopic (exact) mass is 220 g/mol. The van der Waals surface area contributed by atoms with E-state index in [2.05, 4.69) is 4.98 Å². The lowest BCUT2D eigenvalue weighted by molar-refractivity contribution is -0.119. The van der Waals surface area contributed by atoms with Gasteiger partial charge in [-0.3, -0.25) is 9.59 Å². The van der Waals surface area contributed by atoms with E-state index in [1.165, 1.54) is 30.1 Å². The Labute approximate surface area is 91.0 Å². The highest BCUT2D eigenvalue weighted by molar-refractivity contribution is 7.98. The van der Waals surface area contributed by atoms with Gasteiger partial charge in [0.1, 0.15) is 0 Å². The van der Waals surface area contributed by atoms with Crippen LogP contribution in [-0.2, 0) is 9.59 Å². The Morgan fingerprint density at radius 3 is 2.33 bits per heavy atom. The molecule has 2 heterocycles. The Kier molecular flexibility index (Phi) is 2.55. The second kappa shape index (κ2) is 3.86. The van der Waals surface area contributed by atoms with Crippen LogP contribution in [0.15, 0.2) is 35.5 Å². The molecule has 5 heteroatoms. The third-order valence-corrected chi connectivity index (χ3v) is 2.66. The molecule has 0 radical (unpaired) electrons. The van der Waals surface area contributed by atoms with Gasteiger partial charge < -0.3 is 0 Å². The van der Waals surface area contributed by atoms with Crippen molar-refractivity contribution in [2.45, 2.75) is 5.03 Å². The van der Waals surface area contributed by atoms with Gasteiger partial charge >= 0.3 is 0 Å². The maximum Gasteiger partial charge on any atom is 0.258 e. The highest BCUT2D eigenvalue weighted by atomic mass is 32.2. The minimum absolute atomic E-state index is 0.321. The zero-order valence-corrected chi connectivity index (χ0v) is 8.82. The van der Waals surface area contributed by atoms with Crippen LogP contribution in [0.2, 0.25) is 0 Å². The Hall–Kier alpha value is -1.62. The van der Waals surface area contributed by atoms with E-state index in [9.17, 15) is 9.59 Å². The fourth-order valence-electron chi connectivity index (χ4n) is 1.28. The van der Waals surface area contributed by atoms with Crippen molar-refractivity contribution in [2.24, 2.45) is 0 Å². The summed E-state index contributed by atoms with van der Waals surface area (Å²) < 4.78 is 0. The third-order valence-electron chi connectivity index (χ3n) is 2.00. The van der Waals surface area contributed by atoms with Crippen LogP contribution in [-0.4, -0.2) is 23.1 Å². The molecule has 0 spiro atoms. The van der Waals surface area contributed by atoms with Crippen molar-refractivity contribution < 1.29 is 9.59 Å². The number of carbonyl (C=O) groups excluding carboxylic acids is 2. The van der Waals surface area contributed by atoms with Crippen LogP contribution in [0.5, 0.6) is 0 Å². The summed E-state index contributed by atoms with van der Waals surface area (Å²) in [4.78, 5) is 27.8. The van der Waals surface area contributed by atoms with Crippen LogP contribution in [0.3, 0.4) is 0 Å². The summed E-state index contributed by atoms with van der Waals surface area (Å²) in [5.74, 6) is -0.641. The molecular weight excluding hydrogens is 212 g/mol. The van der Waals surface area contributed by atoms with E-state index in [1.807, 2.05) is 6.26 Å². The summed E-state index contributed by atoms with van der Waals surface area (Å²) in [7, 11) is 0. The predicted octanol–water partition coefficient (Wildman–Crippen LogP) is 1.23. The topological polar surface area (TPSA) is 50.3 Å². The molecule has 0 atom stereocenters. The van der Waals surface area contributed by atoms with Crippen LogP contribution in [0.25, 0.3) is 0 Å². The number of amides is 2. The van der Waals surface area contributed by atoms with E-state index >= 15 is 0 Å². The largest absolute Gasteiger partial charge is 0.269 e. The molecule has 2 rings (SSSR count). The first-order valence-corrected chi connectivity index (χ1v) is 5.51. The van der Waals surface area contributed by atoms with Crippen LogP contribution < -0.4 is 4.90 Å². The first-order valence-electron chi connectivity index (χ1n) is 4.28. The molecule has 15 heavy (non-hydrogen) atoms. The Morgan fingerprint density at radius 2 is 1.87 bits per heavy atom. The third kappa shape index (κ3) is 1.78. The van der Waals surface area contributed by atoms with Gasteiger partial charge in [0.25, 0.3) is 11.8 Å². The standard InChI is InChI=1S/C10H8N2O2S/c1-15-8-3-2-7(6-11-8)12-9(13)4-5-10(12)14/h2-6H,1H3. The Balaban J connectivity index is 2.30. The fraction of sp³-hybridized carbons (Fsp3) is 0.100. The number of carbonyl (C=O) groups is 2. The fourth-order valence-corrected chi connectivity index (χ4v) is 1.64.